The molecule has 0 radical (unpaired) electrons. The van der Waals surface area contributed by atoms with E-state index in [2.05, 4.69) is 22.0 Å². The van der Waals surface area contributed by atoms with Gasteiger partial charge in [-0.2, -0.15) is 0 Å². The van der Waals surface area contributed by atoms with Crippen LogP contribution in [0, 0.1) is 6.92 Å². The summed E-state index contributed by atoms with van der Waals surface area (Å²) >= 11 is 2.82. The van der Waals surface area contributed by atoms with Crippen LogP contribution < -0.4 is 5.32 Å². The molecule has 0 bridgehead atoms. The Kier molecular flexibility index (Phi) is 5.57. The molecular weight excluding hydrogens is 320 g/mol. The van der Waals surface area contributed by atoms with Gasteiger partial charge in [0.05, 0.1) is 12.8 Å². The van der Waals surface area contributed by atoms with Crippen LogP contribution >= 0.6 is 23.1 Å². The number of carbonyl (C=O) groups is 2. The number of aryl methyl sites for hydroxylation is 1. The average molecular weight is 336 g/mol. The highest BCUT2D eigenvalue weighted by molar-refractivity contribution is 7.99. The molecule has 2 rings (SSSR count). The van der Waals surface area contributed by atoms with Gasteiger partial charge < -0.3 is 4.74 Å². The summed E-state index contributed by atoms with van der Waals surface area (Å²) in [6.45, 7) is 3.78. The Morgan fingerprint density at radius 3 is 2.59 bits per heavy atom. The standard InChI is InChI=1S/C15H16N2O3S2/c1-4-21-11-7-5-10(6-8-11)13(18)17-15-16-9(2)12(22-15)14(19)20-3/h5-8H,4H2,1-3H3,(H,16,17,18). The second-order valence-electron chi connectivity index (χ2n) is 4.34. The van der Waals surface area contributed by atoms with E-state index in [4.69, 9.17) is 0 Å². The highest BCUT2D eigenvalue weighted by atomic mass is 32.2. The van der Waals surface area contributed by atoms with E-state index in [0.717, 1.165) is 22.0 Å². The summed E-state index contributed by atoms with van der Waals surface area (Å²) < 4.78 is 4.67. The van der Waals surface area contributed by atoms with Crippen LogP contribution in [0.5, 0.6) is 0 Å². The summed E-state index contributed by atoms with van der Waals surface area (Å²) in [5, 5.41) is 3.09. The molecule has 0 atom stereocenters. The molecule has 0 saturated heterocycles. The number of nitrogens with one attached hydrogen (secondary N) is 1. The molecule has 0 saturated carbocycles. The third-order valence-corrected chi connectivity index (χ3v) is 4.76. The molecule has 5 nitrogen and oxygen atoms in total. The number of hydrogen-bond acceptors (Lipinski definition) is 6. The molecule has 2 aromatic rings. The summed E-state index contributed by atoms with van der Waals surface area (Å²) in [4.78, 5) is 29.4. The zero-order valence-electron chi connectivity index (χ0n) is 12.5. The van der Waals surface area contributed by atoms with E-state index >= 15 is 0 Å². The lowest BCUT2D eigenvalue weighted by Crippen LogP contribution is -2.11. The zero-order chi connectivity index (χ0) is 16.1. The Morgan fingerprint density at radius 1 is 1.32 bits per heavy atom. The largest absolute Gasteiger partial charge is 0.465 e. The van der Waals surface area contributed by atoms with Crippen molar-refractivity contribution in [1.29, 1.82) is 0 Å². The number of rotatable bonds is 5. The van der Waals surface area contributed by atoms with Gasteiger partial charge in [0.1, 0.15) is 4.88 Å². The van der Waals surface area contributed by atoms with Gasteiger partial charge in [-0.1, -0.05) is 18.3 Å². The van der Waals surface area contributed by atoms with E-state index in [1.54, 1.807) is 30.8 Å². The molecule has 0 unspecified atom stereocenters. The Bertz CT molecular complexity index is 681. The zero-order valence-corrected chi connectivity index (χ0v) is 14.1. The molecule has 0 aliphatic rings. The number of ether oxygens (including phenoxy) is 1. The number of thioether (sulfide) groups is 1. The quantitative estimate of drug-likeness (QED) is 0.667. The first kappa shape index (κ1) is 16.5. The first-order chi connectivity index (χ1) is 10.5. The minimum atomic E-state index is -0.448. The lowest BCUT2D eigenvalue weighted by atomic mass is 10.2. The lowest BCUT2D eigenvalue weighted by molar-refractivity contribution is 0.0605. The topological polar surface area (TPSA) is 68.3 Å². The molecule has 1 amide bonds. The molecule has 1 heterocycles. The van der Waals surface area contributed by atoms with Crippen LogP contribution in [0.15, 0.2) is 29.2 Å². The van der Waals surface area contributed by atoms with Crippen LogP contribution in [0.2, 0.25) is 0 Å². The predicted molar refractivity (Wildman–Crippen MR) is 89.0 cm³/mol. The van der Waals surface area contributed by atoms with Crippen molar-refractivity contribution in [3.63, 3.8) is 0 Å². The van der Waals surface area contributed by atoms with Gasteiger partial charge in [-0.3, -0.25) is 10.1 Å². The van der Waals surface area contributed by atoms with Crippen molar-refractivity contribution < 1.29 is 14.3 Å². The first-order valence-corrected chi connectivity index (χ1v) is 8.45. The highest BCUT2D eigenvalue weighted by Crippen LogP contribution is 2.24. The van der Waals surface area contributed by atoms with E-state index in [0.29, 0.717) is 21.3 Å². The number of esters is 1. The number of benzene rings is 1. The first-order valence-electron chi connectivity index (χ1n) is 6.65. The van der Waals surface area contributed by atoms with Gasteiger partial charge in [-0.15, -0.1) is 11.8 Å². The molecule has 22 heavy (non-hydrogen) atoms. The van der Waals surface area contributed by atoms with Crippen molar-refractivity contribution in [3.05, 3.63) is 40.4 Å². The van der Waals surface area contributed by atoms with Gasteiger partial charge in [0.2, 0.25) is 0 Å². The Hall–Kier alpha value is -1.86. The maximum Gasteiger partial charge on any atom is 0.350 e. The molecule has 1 aromatic carbocycles. The third kappa shape index (κ3) is 3.86. The van der Waals surface area contributed by atoms with Gasteiger partial charge in [-0.05, 0) is 36.9 Å². The van der Waals surface area contributed by atoms with Gasteiger partial charge in [0, 0.05) is 10.5 Å². The molecule has 0 spiro atoms. The fraction of sp³-hybridized carbons (Fsp3) is 0.267. The van der Waals surface area contributed by atoms with Crippen molar-refractivity contribution in [2.45, 2.75) is 18.7 Å². The van der Waals surface area contributed by atoms with Gasteiger partial charge >= 0.3 is 5.97 Å². The molecule has 0 fully saturated rings. The van der Waals surface area contributed by atoms with Gasteiger partial charge in [0.15, 0.2) is 5.13 Å². The maximum atomic E-state index is 12.2. The fourth-order valence-electron chi connectivity index (χ4n) is 1.77. The number of thiazole rings is 1. The number of amides is 1. The van der Waals surface area contributed by atoms with E-state index < -0.39 is 5.97 Å². The van der Waals surface area contributed by atoms with Crippen molar-refractivity contribution >= 4 is 40.1 Å². The van der Waals surface area contributed by atoms with E-state index in [9.17, 15) is 9.59 Å². The van der Waals surface area contributed by atoms with E-state index in [1.807, 2.05) is 12.1 Å². The van der Waals surface area contributed by atoms with Crippen LogP contribution in [0.4, 0.5) is 5.13 Å². The summed E-state index contributed by atoms with van der Waals surface area (Å²) in [5.74, 6) is 0.287. The molecule has 0 aliphatic heterocycles. The van der Waals surface area contributed by atoms with Gasteiger partial charge in [0.25, 0.3) is 5.91 Å². The molecular formula is C15H16N2O3S2. The minimum Gasteiger partial charge on any atom is -0.465 e. The predicted octanol–water partition coefficient (Wildman–Crippen LogP) is 3.60. The van der Waals surface area contributed by atoms with Crippen LogP contribution in [0.25, 0.3) is 0 Å². The number of hydrogen-bond donors (Lipinski definition) is 1. The Labute approximate surface area is 137 Å². The van der Waals surface area contributed by atoms with Crippen molar-refractivity contribution in [1.82, 2.24) is 4.98 Å². The Balaban J connectivity index is 2.10. The number of aromatic nitrogens is 1. The van der Waals surface area contributed by atoms with Crippen LogP contribution in [0.3, 0.4) is 0 Å². The maximum absolute atomic E-state index is 12.2. The average Bonchev–Trinajstić information content (AvgIpc) is 2.88. The highest BCUT2D eigenvalue weighted by Gasteiger charge is 2.17. The molecule has 1 aromatic heterocycles. The minimum absolute atomic E-state index is 0.252. The molecule has 7 heteroatoms. The second-order valence-corrected chi connectivity index (χ2v) is 6.67. The van der Waals surface area contributed by atoms with Crippen molar-refractivity contribution in [2.75, 3.05) is 18.2 Å². The summed E-state index contributed by atoms with van der Waals surface area (Å²) in [5.41, 5.74) is 1.09. The van der Waals surface area contributed by atoms with Crippen molar-refractivity contribution in [3.8, 4) is 0 Å². The smallest absolute Gasteiger partial charge is 0.350 e. The monoisotopic (exact) mass is 336 g/mol. The Morgan fingerprint density at radius 2 is 2.00 bits per heavy atom. The summed E-state index contributed by atoms with van der Waals surface area (Å²) in [7, 11) is 1.32. The second kappa shape index (κ2) is 7.42. The van der Waals surface area contributed by atoms with Crippen molar-refractivity contribution in [2.24, 2.45) is 0 Å². The van der Waals surface area contributed by atoms with E-state index in [1.165, 1.54) is 7.11 Å². The van der Waals surface area contributed by atoms with Crippen LogP contribution in [-0.2, 0) is 4.74 Å². The molecule has 116 valence electrons. The summed E-state index contributed by atoms with van der Waals surface area (Å²) in [6, 6.07) is 7.37. The number of carbonyl (C=O) groups excluding carboxylic acids is 2. The number of methoxy groups -OCH3 is 1. The third-order valence-electron chi connectivity index (χ3n) is 2.82. The number of nitrogens with zero attached hydrogens (tertiary/aromatic N) is 1. The van der Waals surface area contributed by atoms with E-state index in [-0.39, 0.29) is 5.91 Å². The van der Waals surface area contributed by atoms with Crippen LogP contribution in [-0.4, -0.2) is 29.7 Å². The van der Waals surface area contributed by atoms with Crippen LogP contribution in [0.1, 0.15) is 32.6 Å². The molecule has 1 N–H and O–H groups in total. The summed E-state index contributed by atoms with van der Waals surface area (Å²) in [6.07, 6.45) is 0. The fourth-order valence-corrected chi connectivity index (χ4v) is 3.31. The number of anilines is 1. The lowest BCUT2D eigenvalue weighted by Gasteiger charge is -2.03. The normalized spacial score (nSPS) is 10.3. The van der Waals surface area contributed by atoms with Gasteiger partial charge in [-0.25, -0.2) is 9.78 Å². The molecule has 0 aliphatic carbocycles. The SMILES string of the molecule is CCSc1ccc(C(=O)Nc2nc(C)c(C(=O)OC)s2)cc1.